The van der Waals surface area contributed by atoms with Crippen LogP contribution in [-0.4, -0.2) is 11.0 Å². The zero-order chi connectivity index (χ0) is 9.97. The number of hydrogen-bond donors (Lipinski definition) is 0. The Kier molecular flexibility index (Phi) is 2.14. The van der Waals surface area contributed by atoms with Crippen molar-refractivity contribution in [1.29, 1.82) is 0 Å². The molecule has 0 aliphatic rings. The minimum absolute atomic E-state index is 0.344. The highest BCUT2D eigenvalue weighted by atomic mass is 16.5. The van der Waals surface area contributed by atoms with Crippen molar-refractivity contribution in [3.05, 3.63) is 36.5 Å². The van der Waals surface area contributed by atoms with Gasteiger partial charge in [-0.3, -0.25) is 4.79 Å². The third-order valence-electron chi connectivity index (χ3n) is 1.80. The minimum Gasteiger partial charge on any atom is -0.424 e. The molecule has 69 valence electrons. The molecule has 0 fully saturated rings. The highest BCUT2D eigenvalue weighted by molar-refractivity contribution is 5.86. The van der Waals surface area contributed by atoms with E-state index in [0.29, 0.717) is 11.3 Å². The standard InChI is InChI=1S/C11H8NO2/c1-8(13)14-10-6-2-4-9-5-3-7-12-11(9)10/h2-6H,1H3. The zero-order valence-corrected chi connectivity index (χ0v) is 7.65. The van der Waals surface area contributed by atoms with Crippen molar-refractivity contribution in [3.8, 4) is 5.75 Å². The van der Waals surface area contributed by atoms with Gasteiger partial charge in [0.25, 0.3) is 0 Å². The van der Waals surface area contributed by atoms with E-state index in [0.717, 1.165) is 5.39 Å². The molecule has 3 heteroatoms. The van der Waals surface area contributed by atoms with Gasteiger partial charge in [-0.2, -0.15) is 0 Å². The normalized spacial score (nSPS) is 10.1. The molecule has 14 heavy (non-hydrogen) atoms. The van der Waals surface area contributed by atoms with Crippen molar-refractivity contribution in [2.45, 2.75) is 6.92 Å². The fraction of sp³-hybridized carbons (Fsp3) is 0.0909. The number of carbonyl (C=O) groups is 1. The molecule has 0 bridgehead atoms. The van der Waals surface area contributed by atoms with E-state index in [4.69, 9.17) is 4.74 Å². The highest BCUT2D eigenvalue weighted by Crippen LogP contribution is 2.22. The van der Waals surface area contributed by atoms with Crippen molar-refractivity contribution in [2.75, 3.05) is 0 Å². The van der Waals surface area contributed by atoms with E-state index in [2.05, 4.69) is 11.2 Å². The lowest BCUT2D eigenvalue weighted by molar-refractivity contribution is -0.131. The molecular formula is C11H8NO2. The summed E-state index contributed by atoms with van der Waals surface area (Å²) in [7, 11) is 0. The largest absolute Gasteiger partial charge is 0.424 e. The topological polar surface area (TPSA) is 39.2 Å². The number of pyridine rings is 1. The molecule has 0 atom stereocenters. The van der Waals surface area contributed by atoms with Crippen LogP contribution in [0.25, 0.3) is 10.9 Å². The Bertz CT molecular complexity index is 474. The lowest BCUT2D eigenvalue weighted by Crippen LogP contribution is -2.02. The second-order valence-corrected chi connectivity index (χ2v) is 2.86. The lowest BCUT2D eigenvalue weighted by atomic mass is 10.2. The number of esters is 1. The molecule has 0 aliphatic heterocycles. The van der Waals surface area contributed by atoms with Gasteiger partial charge < -0.3 is 4.74 Å². The Labute approximate surface area is 81.3 Å². The number of rotatable bonds is 1. The molecule has 0 amide bonds. The summed E-state index contributed by atoms with van der Waals surface area (Å²) in [5.74, 6) is 0.134. The molecule has 0 N–H and O–H groups in total. The average molecular weight is 186 g/mol. The Balaban J connectivity index is 2.59. The quantitative estimate of drug-likeness (QED) is 0.504. The molecule has 2 rings (SSSR count). The number of para-hydroxylation sites is 1. The molecule has 0 spiro atoms. The van der Waals surface area contributed by atoms with Crippen LogP contribution in [-0.2, 0) is 4.79 Å². The molecule has 0 saturated heterocycles. The van der Waals surface area contributed by atoms with Gasteiger partial charge in [0.05, 0.1) is 6.20 Å². The zero-order valence-electron chi connectivity index (χ0n) is 7.65. The minimum atomic E-state index is -0.344. The van der Waals surface area contributed by atoms with Gasteiger partial charge in [0.2, 0.25) is 0 Å². The first-order valence-corrected chi connectivity index (χ1v) is 4.21. The second kappa shape index (κ2) is 3.46. The van der Waals surface area contributed by atoms with E-state index in [1.807, 2.05) is 18.2 Å². The van der Waals surface area contributed by atoms with Gasteiger partial charge in [-0.15, -0.1) is 0 Å². The van der Waals surface area contributed by atoms with Gasteiger partial charge >= 0.3 is 5.97 Å². The average Bonchev–Trinajstić information content (AvgIpc) is 2.18. The monoisotopic (exact) mass is 186 g/mol. The summed E-state index contributed by atoms with van der Waals surface area (Å²) >= 11 is 0. The number of aromatic nitrogens is 1. The molecule has 2 aromatic rings. The summed E-state index contributed by atoms with van der Waals surface area (Å²) in [5.41, 5.74) is 0.658. The van der Waals surface area contributed by atoms with Crippen LogP contribution in [0.4, 0.5) is 0 Å². The summed E-state index contributed by atoms with van der Waals surface area (Å²) < 4.78 is 5.01. The van der Waals surface area contributed by atoms with Gasteiger partial charge in [0, 0.05) is 12.3 Å². The fourth-order valence-electron chi connectivity index (χ4n) is 1.26. The number of carbonyl (C=O) groups excluding carboxylic acids is 1. The number of fused-ring (bicyclic) bond motifs is 1. The number of ether oxygens (including phenoxy) is 1. The summed E-state index contributed by atoms with van der Waals surface area (Å²) in [6.45, 7) is 1.37. The van der Waals surface area contributed by atoms with Crippen LogP contribution in [0.5, 0.6) is 5.75 Å². The summed E-state index contributed by atoms with van der Waals surface area (Å²) in [6.07, 6.45) is 2.71. The van der Waals surface area contributed by atoms with E-state index in [1.165, 1.54) is 6.92 Å². The van der Waals surface area contributed by atoms with Crippen LogP contribution in [0, 0.1) is 6.20 Å². The summed E-state index contributed by atoms with van der Waals surface area (Å²) in [6, 6.07) is 9.03. The molecule has 3 nitrogen and oxygen atoms in total. The van der Waals surface area contributed by atoms with Crippen molar-refractivity contribution >= 4 is 16.9 Å². The van der Waals surface area contributed by atoms with E-state index in [9.17, 15) is 4.79 Å². The van der Waals surface area contributed by atoms with E-state index < -0.39 is 0 Å². The van der Waals surface area contributed by atoms with E-state index >= 15 is 0 Å². The first-order valence-electron chi connectivity index (χ1n) is 4.21. The van der Waals surface area contributed by atoms with Gasteiger partial charge in [-0.25, -0.2) is 4.98 Å². The molecule has 0 saturated carbocycles. The van der Waals surface area contributed by atoms with E-state index in [-0.39, 0.29) is 5.97 Å². The van der Waals surface area contributed by atoms with Crippen LogP contribution < -0.4 is 4.74 Å². The molecule has 0 unspecified atom stereocenters. The number of nitrogens with zero attached hydrogens (tertiary/aromatic N) is 1. The Morgan fingerprint density at radius 1 is 1.43 bits per heavy atom. The van der Waals surface area contributed by atoms with Crippen LogP contribution in [0.1, 0.15) is 6.92 Å². The fourth-order valence-corrected chi connectivity index (χ4v) is 1.26. The van der Waals surface area contributed by atoms with Gasteiger partial charge in [-0.1, -0.05) is 18.2 Å². The molecule has 1 aromatic heterocycles. The first-order chi connectivity index (χ1) is 6.77. The maximum absolute atomic E-state index is 10.8. The Morgan fingerprint density at radius 2 is 2.29 bits per heavy atom. The van der Waals surface area contributed by atoms with Crippen molar-refractivity contribution in [3.63, 3.8) is 0 Å². The lowest BCUT2D eigenvalue weighted by Gasteiger charge is -2.03. The third-order valence-corrected chi connectivity index (χ3v) is 1.80. The predicted molar refractivity (Wildman–Crippen MR) is 51.9 cm³/mol. The maximum Gasteiger partial charge on any atom is 0.308 e. The second-order valence-electron chi connectivity index (χ2n) is 2.86. The molecule has 1 heterocycles. The third kappa shape index (κ3) is 1.57. The smallest absolute Gasteiger partial charge is 0.308 e. The summed E-state index contributed by atoms with van der Waals surface area (Å²) in [4.78, 5) is 14.8. The number of benzene rings is 1. The molecule has 0 aliphatic carbocycles. The first kappa shape index (κ1) is 8.69. The van der Waals surface area contributed by atoms with Gasteiger partial charge in [0.15, 0.2) is 5.75 Å². The van der Waals surface area contributed by atoms with Gasteiger partial charge in [-0.05, 0) is 12.1 Å². The summed E-state index contributed by atoms with van der Waals surface area (Å²) in [5, 5.41) is 0.933. The predicted octanol–water partition coefficient (Wildman–Crippen LogP) is 1.96. The van der Waals surface area contributed by atoms with Crippen LogP contribution in [0.3, 0.4) is 0 Å². The van der Waals surface area contributed by atoms with Crippen LogP contribution in [0.2, 0.25) is 0 Å². The molecule has 1 radical (unpaired) electrons. The van der Waals surface area contributed by atoms with Crippen molar-refractivity contribution in [2.24, 2.45) is 0 Å². The van der Waals surface area contributed by atoms with Crippen molar-refractivity contribution < 1.29 is 9.53 Å². The molecule has 1 aromatic carbocycles. The SMILES string of the molecule is CC(=O)Oc1cccc2cc[c]nc12. The van der Waals surface area contributed by atoms with E-state index in [1.54, 1.807) is 12.1 Å². The Hall–Kier alpha value is -1.90. The highest BCUT2D eigenvalue weighted by Gasteiger charge is 2.04. The van der Waals surface area contributed by atoms with Gasteiger partial charge in [0.1, 0.15) is 5.52 Å². The maximum atomic E-state index is 10.8. The number of hydrogen-bond acceptors (Lipinski definition) is 3. The molecular weight excluding hydrogens is 178 g/mol. The van der Waals surface area contributed by atoms with Crippen molar-refractivity contribution in [1.82, 2.24) is 4.98 Å². The van der Waals surface area contributed by atoms with Crippen LogP contribution in [0.15, 0.2) is 30.3 Å². The van der Waals surface area contributed by atoms with Crippen LogP contribution >= 0.6 is 0 Å². The Morgan fingerprint density at radius 3 is 3.07 bits per heavy atom.